The standard InChI is InChI=1S/C21H26N4O4S/c1-4-10-29-21(27)24-16-8-9-25(12-15(16)20(26)28-2)11-14-6-5-7-17-18(14)19(30-3)23-13-22-17/h4-7,13,15-16H,1,8-12H2,2-3H3,(H,24,27)/t15-,16-/m1/s1. The van der Waals surface area contributed by atoms with Crippen LogP contribution >= 0.6 is 11.8 Å². The quantitative estimate of drug-likeness (QED) is 0.310. The number of methoxy groups -OCH3 is 1. The first-order chi connectivity index (χ1) is 14.6. The van der Waals surface area contributed by atoms with Crippen LogP contribution in [0.1, 0.15) is 12.0 Å². The van der Waals surface area contributed by atoms with Crippen molar-refractivity contribution in [2.75, 3.05) is 33.1 Å². The van der Waals surface area contributed by atoms with Crippen molar-refractivity contribution in [3.8, 4) is 0 Å². The lowest BCUT2D eigenvalue weighted by molar-refractivity contribution is -0.148. The highest BCUT2D eigenvalue weighted by Gasteiger charge is 2.36. The number of hydrogen-bond donors (Lipinski definition) is 1. The predicted octanol–water partition coefficient (Wildman–Crippen LogP) is 2.63. The van der Waals surface area contributed by atoms with Crippen molar-refractivity contribution in [2.45, 2.75) is 24.0 Å². The largest absolute Gasteiger partial charge is 0.469 e. The summed E-state index contributed by atoms with van der Waals surface area (Å²) in [5, 5.41) is 4.76. The first kappa shape index (κ1) is 22.0. The molecule has 2 aromatic rings. The molecule has 2 atom stereocenters. The van der Waals surface area contributed by atoms with Crippen molar-refractivity contribution in [3.63, 3.8) is 0 Å². The minimum atomic E-state index is -0.557. The minimum Gasteiger partial charge on any atom is -0.469 e. The normalized spacial score (nSPS) is 19.3. The maximum Gasteiger partial charge on any atom is 0.407 e. The van der Waals surface area contributed by atoms with Gasteiger partial charge < -0.3 is 14.8 Å². The van der Waals surface area contributed by atoms with E-state index < -0.39 is 12.0 Å². The summed E-state index contributed by atoms with van der Waals surface area (Å²) in [6, 6.07) is 5.68. The maximum atomic E-state index is 12.4. The molecule has 30 heavy (non-hydrogen) atoms. The molecule has 160 valence electrons. The van der Waals surface area contributed by atoms with Crippen molar-refractivity contribution in [1.82, 2.24) is 20.2 Å². The van der Waals surface area contributed by atoms with Crippen LogP contribution in [0.2, 0.25) is 0 Å². The molecule has 0 unspecified atom stereocenters. The molecule has 2 heterocycles. The molecule has 0 saturated carbocycles. The van der Waals surface area contributed by atoms with Gasteiger partial charge in [-0.15, -0.1) is 11.8 Å². The number of benzene rings is 1. The molecule has 1 N–H and O–H groups in total. The van der Waals surface area contributed by atoms with Gasteiger partial charge in [0.15, 0.2) is 0 Å². The van der Waals surface area contributed by atoms with Crippen molar-refractivity contribution in [3.05, 3.63) is 42.7 Å². The zero-order valence-electron chi connectivity index (χ0n) is 17.2. The number of carbonyl (C=O) groups is 2. The molecule has 0 spiro atoms. The average molecular weight is 431 g/mol. The Kier molecular flexibility index (Phi) is 7.64. The van der Waals surface area contributed by atoms with E-state index in [0.29, 0.717) is 19.5 Å². The molecule has 1 aromatic heterocycles. The van der Waals surface area contributed by atoms with E-state index in [1.807, 2.05) is 18.4 Å². The SMILES string of the molecule is C=CCOC(=O)N[C@@H]1CCN(Cc2cccc3ncnc(SC)c23)C[C@H]1C(=O)OC. The van der Waals surface area contributed by atoms with E-state index in [4.69, 9.17) is 9.47 Å². The summed E-state index contributed by atoms with van der Waals surface area (Å²) in [6.45, 7) is 5.49. The topological polar surface area (TPSA) is 93.6 Å². The summed E-state index contributed by atoms with van der Waals surface area (Å²) in [5.41, 5.74) is 2.01. The van der Waals surface area contributed by atoms with Gasteiger partial charge in [-0.2, -0.15) is 0 Å². The third-order valence-corrected chi connectivity index (χ3v) is 5.83. The highest BCUT2D eigenvalue weighted by molar-refractivity contribution is 7.98. The zero-order chi connectivity index (χ0) is 21.5. The molecule has 0 bridgehead atoms. The second-order valence-electron chi connectivity index (χ2n) is 6.99. The molecule has 1 fully saturated rings. The van der Waals surface area contributed by atoms with Crippen LogP contribution in [0.3, 0.4) is 0 Å². The van der Waals surface area contributed by atoms with Crippen LogP contribution in [-0.4, -0.2) is 66.0 Å². The molecule has 3 rings (SSSR count). The van der Waals surface area contributed by atoms with E-state index in [1.54, 1.807) is 18.1 Å². The van der Waals surface area contributed by atoms with E-state index >= 15 is 0 Å². The molecule has 1 amide bonds. The number of nitrogens with zero attached hydrogens (tertiary/aromatic N) is 3. The van der Waals surface area contributed by atoms with Crippen molar-refractivity contribution >= 4 is 34.7 Å². The summed E-state index contributed by atoms with van der Waals surface area (Å²) in [4.78, 5) is 35.3. The molecule has 1 aliphatic rings. The number of thioether (sulfide) groups is 1. The van der Waals surface area contributed by atoms with Crippen molar-refractivity contribution in [2.24, 2.45) is 5.92 Å². The minimum absolute atomic E-state index is 0.120. The number of aromatic nitrogens is 2. The van der Waals surface area contributed by atoms with Crippen LogP contribution in [0.15, 0.2) is 42.2 Å². The Morgan fingerprint density at radius 2 is 2.23 bits per heavy atom. The Morgan fingerprint density at radius 1 is 1.40 bits per heavy atom. The number of esters is 1. The number of likely N-dealkylation sites (tertiary alicyclic amines) is 1. The molecule has 0 aliphatic carbocycles. The third kappa shape index (κ3) is 5.09. The summed E-state index contributed by atoms with van der Waals surface area (Å²) in [5.74, 6) is -0.828. The molecule has 9 heteroatoms. The lowest BCUT2D eigenvalue weighted by Crippen LogP contribution is -2.53. The number of rotatable bonds is 7. The lowest BCUT2D eigenvalue weighted by Gasteiger charge is -2.37. The van der Waals surface area contributed by atoms with Crippen LogP contribution in [0, 0.1) is 5.92 Å². The Hall–Kier alpha value is -2.65. The first-order valence-electron chi connectivity index (χ1n) is 9.68. The summed E-state index contributed by atoms with van der Waals surface area (Å²) >= 11 is 1.59. The fraction of sp³-hybridized carbons (Fsp3) is 0.429. The number of amides is 1. The third-order valence-electron chi connectivity index (χ3n) is 5.14. The van der Waals surface area contributed by atoms with E-state index in [0.717, 1.165) is 28.0 Å². The number of fused-ring (bicyclic) bond motifs is 1. The highest BCUT2D eigenvalue weighted by atomic mass is 32.2. The number of piperidine rings is 1. The van der Waals surface area contributed by atoms with E-state index in [1.165, 1.54) is 13.2 Å². The van der Waals surface area contributed by atoms with E-state index in [2.05, 4.69) is 32.8 Å². The van der Waals surface area contributed by atoms with Gasteiger partial charge in [0.05, 0.1) is 18.5 Å². The Balaban J connectivity index is 1.76. The van der Waals surface area contributed by atoms with Crippen LogP contribution in [0.4, 0.5) is 4.79 Å². The number of nitrogens with one attached hydrogen (secondary N) is 1. The van der Waals surface area contributed by atoms with Gasteiger partial charge in [0.2, 0.25) is 0 Å². The number of hydrogen-bond acceptors (Lipinski definition) is 8. The smallest absolute Gasteiger partial charge is 0.407 e. The Labute approximate surface area is 180 Å². The monoisotopic (exact) mass is 430 g/mol. The summed E-state index contributed by atoms with van der Waals surface area (Å²) in [6.07, 6.45) is 5.12. The predicted molar refractivity (Wildman–Crippen MR) is 115 cm³/mol. The summed E-state index contributed by atoms with van der Waals surface area (Å²) < 4.78 is 9.99. The Bertz CT molecular complexity index is 918. The van der Waals surface area contributed by atoms with Gasteiger partial charge in [-0.05, 0) is 24.3 Å². The maximum absolute atomic E-state index is 12.4. The number of ether oxygens (including phenoxy) is 2. The van der Waals surface area contributed by atoms with Crippen LogP contribution < -0.4 is 5.32 Å². The van der Waals surface area contributed by atoms with Gasteiger partial charge in [0, 0.05) is 31.1 Å². The lowest BCUT2D eigenvalue weighted by atomic mass is 9.91. The van der Waals surface area contributed by atoms with E-state index in [-0.39, 0.29) is 18.6 Å². The van der Waals surface area contributed by atoms with Crippen molar-refractivity contribution < 1.29 is 19.1 Å². The molecule has 8 nitrogen and oxygen atoms in total. The number of alkyl carbamates (subject to hydrolysis) is 1. The van der Waals surface area contributed by atoms with Gasteiger partial charge in [-0.3, -0.25) is 9.69 Å². The fourth-order valence-electron chi connectivity index (χ4n) is 3.73. The first-order valence-corrected chi connectivity index (χ1v) is 10.9. The second kappa shape index (κ2) is 10.4. The fourth-order valence-corrected chi connectivity index (χ4v) is 4.32. The van der Waals surface area contributed by atoms with Gasteiger partial charge in [-0.25, -0.2) is 14.8 Å². The van der Waals surface area contributed by atoms with Crippen LogP contribution in [-0.2, 0) is 20.8 Å². The second-order valence-corrected chi connectivity index (χ2v) is 7.78. The molecule has 1 aliphatic heterocycles. The zero-order valence-corrected chi connectivity index (χ0v) is 18.0. The molecular formula is C21H26N4O4S. The molecular weight excluding hydrogens is 404 g/mol. The average Bonchev–Trinajstić information content (AvgIpc) is 2.77. The van der Waals surface area contributed by atoms with Gasteiger partial charge >= 0.3 is 12.1 Å². The summed E-state index contributed by atoms with van der Waals surface area (Å²) in [7, 11) is 1.36. The van der Waals surface area contributed by atoms with Gasteiger partial charge in [0.25, 0.3) is 0 Å². The highest BCUT2D eigenvalue weighted by Crippen LogP contribution is 2.28. The van der Waals surface area contributed by atoms with Gasteiger partial charge in [-0.1, -0.05) is 24.8 Å². The van der Waals surface area contributed by atoms with Crippen molar-refractivity contribution in [1.29, 1.82) is 0 Å². The number of carbonyl (C=O) groups excluding carboxylic acids is 2. The van der Waals surface area contributed by atoms with E-state index in [9.17, 15) is 9.59 Å². The van der Waals surface area contributed by atoms with Crippen LogP contribution in [0.25, 0.3) is 10.9 Å². The van der Waals surface area contributed by atoms with Crippen LogP contribution in [0.5, 0.6) is 0 Å². The Morgan fingerprint density at radius 3 is 2.97 bits per heavy atom. The molecule has 1 aromatic carbocycles. The van der Waals surface area contributed by atoms with Gasteiger partial charge in [0.1, 0.15) is 18.0 Å². The molecule has 1 saturated heterocycles. The molecule has 0 radical (unpaired) electrons.